The summed E-state index contributed by atoms with van der Waals surface area (Å²) < 4.78 is 11.7. The lowest BCUT2D eigenvalue weighted by Crippen LogP contribution is -2.37. The van der Waals surface area contributed by atoms with Crippen molar-refractivity contribution in [2.24, 2.45) is 0 Å². The van der Waals surface area contributed by atoms with E-state index in [9.17, 15) is 4.79 Å². The summed E-state index contributed by atoms with van der Waals surface area (Å²) >= 11 is 1.79. The molecule has 2 aromatic carbocycles. The predicted molar refractivity (Wildman–Crippen MR) is 184 cm³/mol. The smallest absolute Gasteiger partial charge is 0.321 e. The van der Waals surface area contributed by atoms with Gasteiger partial charge in [-0.05, 0) is 47.2 Å². The van der Waals surface area contributed by atoms with Gasteiger partial charge in [-0.3, -0.25) is 4.90 Å². The van der Waals surface area contributed by atoms with Crippen LogP contribution < -0.4 is 19.7 Å². The summed E-state index contributed by atoms with van der Waals surface area (Å²) in [6.07, 6.45) is 18.0. The lowest BCUT2D eigenvalue weighted by Gasteiger charge is -2.24. The molecule has 2 amide bonds. The zero-order valence-electron chi connectivity index (χ0n) is 25.9. The fourth-order valence-corrected chi connectivity index (χ4v) is 5.83. The molecule has 0 atom stereocenters. The van der Waals surface area contributed by atoms with Gasteiger partial charge in [0.2, 0.25) is 0 Å². The van der Waals surface area contributed by atoms with Crippen LogP contribution >= 0.6 is 28.7 Å². The molecule has 1 aliphatic rings. The number of halogens is 1. The Bertz CT molecular complexity index is 1070. The normalized spacial score (nSPS) is 12.2. The van der Waals surface area contributed by atoms with Gasteiger partial charge in [0.05, 0.1) is 26.1 Å². The average Bonchev–Trinajstić information content (AvgIpc) is 3.51. The van der Waals surface area contributed by atoms with Crippen LogP contribution in [0.25, 0.3) is 0 Å². The number of thioether (sulfide) groups is 1. The zero-order valence-corrected chi connectivity index (χ0v) is 28.5. The highest BCUT2D eigenvalue weighted by Gasteiger charge is 2.17. The maximum Gasteiger partial charge on any atom is 0.321 e. The van der Waals surface area contributed by atoms with Crippen molar-refractivity contribution in [2.75, 3.05) is 31.5 Å². The minimum absolute atomic E-state index is 0. The molecule has 1 heterocycles. The summed E-state index contributed by atoms with van der Waals surface area (Å²) in [5.41, 5.74) is 3.03. The predicted octanol–water partition coefficient (Wildman–Crippen LogP) is 9.68. The highest BCUT2D eigenvalue weighted by molar-refractivity contribution is 8.93. The van der Waals surface area contributed by atoms with Crippen LogP contribution in [0.3, 0.4) is 0 Å². The maximum absolute atomic E-state index is 12.9. The molecule has 8 heteroatoms. The van der Waals surface area contributed by atoms with Gasteiger partial charge in [0.1, 0.15) is 0 Å². The molecule has 0 aromatic heterocycles. The Labute approximate surface area is 269 Å². The zero-order chi connectivity index (χ0) is 29.1. The Balaban J connectivity index is 0.00000616. The van der Waals surface area contributed by atoms with Gasteiger partial charge < -0.3 is 19.7 Å². The number of nitrogens with one attached hydrogen (secondary N) is 1. The second-order valence-corrected chi connectivity index (χ2v) is 11.7. The third-order valence-corrected chi connectivity index (χ3v) is 8.29. The molecule has 0 radical (unpaired) electrons. The molecule has 0 saturated carbocycles. The summed E-state index contributed by atoms with van der Waals surface area (Å²) in [5, 5.41) is 4.91. The molecule has 0 saturated heterocycles. The number of rotatable bonds is 20. The molecule has 42 heavy (non-hydrogen) atoms. The monoisotopic (exact) mass is 661 g/mol. The van der Waals surface area contributed by atoms with Crippen molar-refractivity contribution in [1.29, 1.82) is 0 Å². The van der Waals surface area contributed by atoms with E-state index in [0.29, 0.717) is 13.2 Å². The van der Waals surface area contributed by atoms with Crippen molar-refractivity contribution in [2.45, 2.75) is 97.1 Å². The van der Waals surface area contributed by atoms with Crippen molar-refractivity contribution in [3.8, 4) is 11.5 Å². The van der Waals surface area contributed by atoms with Crippen LogP contribution in [0, 0.1) is 0 Å². The van der Waals surface area contributed by atoms with E-state index in [-0.39, 0.29) is 23.0 Å². The third kappa shape index (κ3) is 12.9. The first-order chi connectivity index (χ1) is 20.1. The Hall–Kier alpha value is -2.32. The number of urea groups is 1. The molecule has 0 spiro atoms. The number of amides is 2. The molecule has 1 N–H and O–H groups in total. The van der Waals surface area contributed by atoms with Gasteiger partial charge in [-0.1, -0.05) is 95.8 Å². The van der Waals surface area contributed by atoms with Crippen LogP contribution in [0.1, 0.15) is 95.1 Å². The molecule has 0 unspecified atom stereocenters. The summed E-state index contributed by atoms with van der Waals surface area (Å²) in [5.74, 6) is 2.41. The number of carbonyl (C=O) groups excluding carboxylic acids is 1. The van der Waals surface area contributed by atoms with E-state index < -0.39 is 0 Å². The first-order valence-corrected chi connectivity index (χ1v) is 16.6. The number of hydrogen-bond donors (Lipinski definition) is 1. The van der Waals surface area contributed by atoms with E-state index >= 15 is 0 Å². The second kappa shape index (κ2) is 21.4. The fourth-order valence-electron chi connectivity index (χ4n) is 5.12. The molecule has 0 fully saturated rings. The van der Waals surface area contributed by atoms with E-state index in [4.69, 9.17) is 9.47 Å². The minimum atomic E-state index is -0.145. The van der Waals surface area contributed by atoms with Crippen molar-refractivity contribution in [1.82, 2.24) is 10.2 Å². The number of anilines is 1. The largest absolute Gasteiger partial charge is 0.493 e. The highest BCUT2D eigenvalue weighted by Crippen LogP contribution is 2.30. The van der Waals surface area contributed by atoms with E-state index in [1.165, 1.54) is 76.2 Å². The van der Waals surface area contributed by atoms with Gasteiger partial charge in [0, 0.05) is 25.5 Å². The summed E-state index contributed by atoms with van der Waals surface area (Å²) in [7, 11) is 3.34. The highest BCUT2D eigenvalue weighted by atomic mass is 79.9. The Kier molecular flexibility index (Phi) is 18.3. The summed E-state index contributed by atoms with van der Waals surface area (Å²) in [6.45, 7) is 4.19. The quantitative estimate of drug-likeness (QED) is 0.143. The molecule has 234 valence electrons. The van der Waals surface area contributed by atoms with Gasteiger partial charge in [0.25, 0.3) is 0 Å². The van der Waals surface area contributed by atoms with Gasteiger partial charge in [-0.25, -0.2) is 4.79 Å². The van der Waals surface area contributed by atoms with Crippen LogP contribution in [0.15, 0.2) is 54.1 Å². The van der Waals surface area contributed by atoms with Gasteiger partial charge in [-0.2, -0.15) is 0 Å². The number of carbonyl (C=O) groups is 1. The molecule has 1 aliphatic heterocycles. The van der Waals surface area contributed by atoms with E-state index in [0.717, 1.165) is 41.6 Å². The molecule has 2 aromatic rings. The third-order valence-electron chi connectivity index (χ3n) is 7.50. The van der Waals surface area contributed by atoms with Gasteiger partial charge in [-0.15, -0.1) is 28.7 Å². The first kappa shape index (κ1) is 35.9. The maximum atomic E-state index is 12.9. The fraction of sp³-hybridized carbons (Fsp3) is 0.559. The van der Waals surface area contributed by atoms with Crippen LogP contribution in [-0.4, -0.2) is 37.6 Å². The summed E-state index contributed by atoms with van der Waals surface area (Å²) in [6, 6.07) is 14.0. The molecular formula is C34H52BrN3O3S. The van der Waals surface area contributed by atoms with E-state index in [1.807, 2.05) is 30.3 Å². The van der Waals surface area contributed by atoms with Crippen molar-refractivity contribution < 1.29 is 14.3 Å². The number of unbranched alkanes of at least 4 members (excludes halogenated alkanes) is 11. The molecule has 6 nitrogen and oxygen atoms in total. The van der Waals surface area contributed by atoms with Crippen LogP contribution in [-0.2, 0) is 13.1 Å². The van der Waals surface area contributed by atoms with Crippen LogP contribution in [0.4, 0.5) is 10.5 Å². The lowest BCUT2D eigenvalue weighted by molar-refractivity contribution is 0.248. The Morgan fingerprint density at radius 1 is 0.905 bits per heavy atom. The SMILES string of the molecule is Br.CCCCCCCCCCCCCCOc1cc(CN(C(=O)NC)c2cccc(CN3C=CSC3)c2)ccc1OC. The second-order valence-electron chi connectivity index (χ2n) is 10.9. The number of benzene rings is 2. The first-order valence-electron chi connectivity index (χ1n) is 15.5. The number of methoxy groups -OCH3 is 1. The average molecular weight is 663 g/mol. The standard InChI is InChI=1S/C34H51N3O3S.BrH/c1-4-5-6-7-8-9-10-11-12-13-14-15-22-40-33-25-30(19-20-32(33)39-3)27-37(34(38)35-2)31-18-16-17-29(24-31)26-36-21-23-41-28-36;/h16-21,23-25H,4-15,22,26-28H2,1-3H3,(H,35,38);1H. The van der Waals surface area contributed by atoms with Crippen LogP contribution in [0.5, 0.6) is 11.5 Å². The Morgan fingerprint density at radius 3 is 2.21 bits per heavy atom. The Morgan fingerprint density at radius 2 is 1.60 bits per heavy atom. The topological polar surface area (TPSA) is 54.0 Å². The van der Waals surface area contributed by atoms with Crippen molar-refractivity contribution >= 4 is 40.5 Å². The van der Waals surface area contributed by atoms with Crippen LogP contribution in [0.2, 0.25) is 0 Å². The van der Waals surface area contributed by atoms with Crippen molar-refractivity contribution in [3.63, 3.8) is 0 Å². The molecule has 0 bridgehead atoms. The minimum Gasteiger partial charge on any atom is -0.493 e. The number of nitrogens with zero attached hydrogens (tertiary/aromatic N) is 2. The lowest BCUT2D eigenvalue weighted by atomic mass is 10.1. The number of hydrogen-bond acceptors (Lipinski definition) is 5. The summed E-state index contributed by atoms with van der Waals surface area (Å²) in [4.78, 5) is 17.0. The van der Waals surface area contributed by atoms with Gasteiger partial charge >= 0.3 is 6.03 Å². The molecule has 3 rings (SSSR count). The molecule has 0 aliphatic carbocycles. The van der Waals surface area contributed by atoms with E-state index in [2.05, 4.69) is 40.9 Å². The van der Waals surface area contributed by atoms with Gasteiger partial charge in [0.15, 0.2) is 11.5 Å². The van der Waals surface area contributed by atoms with Crippen molar-refractivity contribution in [3.05, 3.63) is 65.2 Å². The molecular weight excluding hydrogens is 610 g/mol. The number of ether oxygens (including phenoxy) is 2. The van der Waals surface area contributed by atoms with E-state index in [1.54, 1.807) is 30.8 Å².